The molecule has 1 aliphatic rings. The summed E-state index contributed by atoms with van der Waals surface area (Å²) in [4.78, 5) is 4.48. The second kappa shape index (κ2) is 5.40. The lowest BCUT2D eigenvalue weighted by Crippen LogP contribution is -2.45. The molecule has 0 aromatic carbocycles. The van der Waals surface area contributed by atoms with Crippen LogP contribution in [-0.4, -0.2) is 33.5 Å². The smallest absolute Gasteiger partial charge is 0.234 e. The second-order valence-electron chi connectivity index (χ2n) is 5.65. The Hall–Kier alpha value is -2.02. The number of ether oxygens (including phenoxy) is 1. The largest absolute Gasteiger partial charge is 0.480 e. The quantitative estimate of drug-likeness (QED) is 0.917. The molecule has 7 nitrogen and oxygen atoms in total. The van der Waals surface area contributed by atoms with E-state index in [1.54, 1.807) is 19.2 Å². The van der Waals surface area contributed by atoms with Gasteiger partial charge in [0.15, 0.2) is 0 Å². The molecule has 0 saturated heterocycles. The van der Waals surface area contributed by atoms with Crippen molar-refractivity contribution < 1.29 is 9.26 Å². The topological polar surface area (TPSA) is 100.0 Å². The molecule has 0 radical (unpaired) electrons. The summed E-state index contributed by atoms with van der Waals surface area (Å²) >= 11 is 0. The third kappa shape index (κ3) is 2.49. The Bertz CT molecular complexity index is 612. The van der Waals surface area contributed by atoms with Gasteiger partial charge in [-0.2, -0.15) is 4.98 Å². The average molecular weight is 289 g/mol. The zero-order valence-corrected chi connectivity index (χ0v) is 12.2. The van der Waals surface area contributed by atoms with Crippen molar-refractivity contribution in [3.63, 3.8) is 0 Å². The van der Waals surface area contributed by atoms with Crippen LogP contribution in [-0.2, 0) is 5.41 Å². The van der Waals surface area contributed by atoms with Crippen molar-refractivity contribution in [3.05, 3.63) is 18.0 Å². The van der Waals surface area contributed by atoms with Gasteiger partial charge in [0, 0.05) is 12.1 Å². The lowest BCUT2D eigenvalue weighted by atomic mass is 9.72. The first-order valence-corrected chi connectivity index (χ1v) is 7.11. The van der Waals surface area contributed by atoms with E-state index in [0.29, 0.717) is 23.3 Å². The molecule has 0 amide bonds. The zero-order valence-electron chi connectivity index (χ0n) is 12.2. The number of hydrogen-bond acceptors (Lipinski definition) is 7. The van der Waals surface area contributed by atoms with Crippen molar-refractivity contribution in [2.45, 2.75) is 44.1 Å². The van der Waals surface area contributed by atoms with E-state index in [-0.39, 0.29) is 11.5 Å². The Labute approximate surface area is 122 Å². The van der Waals surface area contributed by atoms with Gasteiger partial charge in [0.2, 0.25) is 17.6 Å². The van der Waals surface area contributed by atoms with Crippen LogP contribution in [0.25, 0.3) is 11.5 Å². The van der Waals surface area contributed by atoms with Crippen molar-refractivity contribution in [2.24, 2.45) is 5.73 Å². The SMILES string of the molecule is COc1ccc(-c2noc(C3(C)CCCCC3N)n2)nn1. The fourth-order valence-electron chi connectivity index (χ4n) is 2.73. The molecule has 2 aromatic rings. The first kappa shape index (κ1) is 13.9. The molecular formula is C14H19N5O2. The fourth-order valence-corrected chi connectivity index (χ4v) is 2.73. The molecule has 7 heteroatoms. The molecule has 2 heterocycles. The average Bonchev–Trinajstić information content (AvgIpc) is 3.01. The van der Waals surface area contributed by atoms with Gasteiger partial charge >= 0.3 is 0 Å². The summed E-state index contributed by atoms with van der Waals surface area (Å²) < 4.78 is 10.4. The molecule has 2 unspecified atom stereocenters. The number of methoxy groups -OCH3 is 1. The van der Waals surface area contributed by atoms with Gasteiger partial charge in [-0.15, -0.1) is 10.2 Å². The number of hydrogen-bond donors (Lipinski definition) is 1. The van der Waals surface area contributed by atoms with E-state index in [9.17, 15) is 0 Å². The third-order valence-corrected chi connectivity index (χ3v) is 4.27. The van der Waals surface area contributed by atoms with Crippen LogP contribution < -0.4 is 10.5 Å². The number of nitrogens with two attached hydrogens (primary N) is 1. The zero-order chi connectivity index (χ0) is 14.9. The van der Waals surface area contributed by atoms with Gasteiger partial charge in [0.05, 0.1) is 12.5 Å². The van der Waals surface area contributed by atoms with Crippen molar-refractivity contribution in [2.75, 3.05) is 7.11 Å². The number of nitrogens with zero attached hydrogens (tertiary/aromatic N) is 4. The van der Waals surface area contributed by atoms with Crippen LogP contribution >= 0.6 is 0 Å². The molecule has 0 spiro atoms. The van der Waals surface area contributed by atoms with E-state index in [1.165, 1.54) is 0 Å². The summed E-state index contributed by atoms with van der Waals surface area (Å²) in [6, 6.07) is 3.51. The van der Waals surface area contributed by atoms with Gasteiger partial charge in [-0.1, -0.05) is 18.0 Å². The highest BCUT2D eigenvalue weighted by atomic mass is 16.5. The first-order chi connectivity index (χ1) is 10.1. The highest BCUT2D eigenvalue weighted by Crippen LogP contribution is 2.37. The van der Waals surface area contributed by atoms with Crippen LogP contribution in [0, 0.1) is 0 Å². The van der Waals surface area contributed by atoms with E-state index in [4.69, 9.17) is 15.0 Å². The lowest BCUT2D eigenvalue weighted by molar-refractivity contribution is 0.203. The summed E-state index contributed by atoms with van der Waals surface area (Å²) in [7, 11) is 1.54. The van der Waals surface area contributed by atoms with Crippen LogP contribution in [0.5, 0.6) is 5.88 Å². The van der Waals surface area contributed by atoms with Crippen molar-refractivity contribution >= 4 is 0 Å². The summed E-state index contributed by atoms with van der Waals surface area (Å²) in [5.74, 6) is 1.46. The van der Waals surface area contributed by atoms with Crippen molar-refractivity contribution in [3.8, 4) is 17.4 Å². The molecule has 0 aliphatic heterocycles. The minimum atomic E-state index is -0.261. The monoisotopic (exact) mass is 289 g/mol. The molecule has 2 N–H and O–H groups in total. The maximum atomic E-state index is 6.26. The highest BCUT2D eigenvalue weighted by Gasteiger charge is 2.40. The van der Waals surface area contributed by atoms with E-state index >= 15 is 0 Å². The van der Waals surface area contributed by atoms with Gasteiger partial charge in [0.1, 0.15) is 5.69 Å². The normalized spacial score (nSPS) is 25.8. The fraction of sp³-hybridized carbons (Fsp3) is 0.571. The molecule has 112 valence electrons. The molecule has 0 bridgehead atoms. The highest BCUT2D eigenvalue weighted by molar-refractivity contribution is 5.47. The molecule has 1 aliphatic carbocycles. The predicted molar refractivity (Wildman–Crippen MR) is 75.7 cm³/mol. The van der Waals surface area contributed by atoms with Gasteiger partial charge in [-0.25, -0.2) is 0 Å². The van der Waals surface area contributed by atoms with Crippen LogP contribution in [0.1, 0.15) is 38.5 Å². The Morgan fingerprint density at radius 3 is 2.86 bits per heavy atom. The molecule has 21 heavy (non-hydrogen) atoms. The maximum absolute atomic E-state index is 6.26. The van der Waals surface area contributed by atoms with Crippen LogP contribution in [0.15, 0.2) is 16.7 Å². The van der Waals surface area contributed by atoms with E-state index in [0.717, 1.165) is 25.7 Å². The Kier molecular flexibility index (Phi) is 3.59. The van der Waals surface area contributed by atoms with Crippen LogP contribution in [0.3, 0.4) is 0 Å². The summed E-state index contributed by atoms with van der Waals surface area (Å²) in [5.41, 5.74) is 6.55. The Morgan fingerprint density at radius 2 is 2.19 bits per heavy atom. The van der Waals surface area contributed by atoms with E-state index in [1.807, 2.05) is 0 Å². The minimum Gasteiger partial charge on any atom is -0.480 e. The summed E-state index contributed by atoms with van der Waals surface area (Å²) in [6.45, 7) is 2.09. The van der Waals surface area contributed by atoms with Crippen molar-refractivity contribution in [1.29, 1.82) is 0 Å². The number of aromatic nitrogens is 4. The summed E-state index contributed by atoms with van der Waals surface area (Å²) in [5, 5.41) is 11.9. The molecular weight excluding hydrogens is 270 g/mol. The molecule has 2 atom stereocenters. The van der Waals surface area contributed by atoms with Gasteiger partial charge < -0.3 is 15.0 Å². The molecule has 1 fully saturated rings. The van der Waals surface area contributed by atoms with E-state index < -0.39 is 0 Å². The van der Waals surface area contributed by atoms with Crippen LogP contribution in [0.2, 0.25) is 0 Å². The van der Waals surface area contributed by atoms with Crippen LogP contribution in [0.4, 0.5) is 0 Å². The molecule has 1 saturated carbocycles. The maximum Gasteiger partial charge on any atom is 0.234 e. The standard InChI is InChI=1S/C14H19N5O2/c1-14(8-4-3-5-10(14)15)13-16-12(19-21-13)9-6-7-11(20-2)18-17-9/h6-7,10H,3-5,8,15H2,1-2H3. The first-order valence-electron chi connectivity index (χ1n) is 7.11. The van der Waals surface area contributed by atoms with Gasteiger partial charge in [-0.05, 0) is 25.8 Å². The summed E-state index contributed by atoms with van der Waals surface area (Å²) in [6.07, 6.45) is 4.23. The minimum absolute atomic E-state index is 0.0431. The second-order valence-corrected chi connectivity index (χ2v) is 5.65. The number of rotatable bonds is 3. The third-order valence-electron chi connectivity index (χ3n) is 4.27. The van der Waals surface area contributed by atoms with Gasteiger partial charge in [-0.3, -0.25) is 0 Å². The molecule has 3 rings (SSSR count). The van der Waals surface area contributed by atoms with Crippen molar-refractivity contribution in [1.82, 2.24) is 20.3 Å². The molecule has 2 aromatic heterocycles. The Morgan fingerprint density at radius 1 is 1.33 bits per heavy atom. The lowest BCUT2D eigenvalue weighted by Gasteiger charge is -2.35. The van der Waals surface area contributed by atoms with E-state index in [2.05, 4.69) is 27.3 Å². The predicted octanol–water partition coefficient (Wildman–Crippen LogP) is 1.69. The Balaban J connectivity index is 1.88. The van der Waals surface area contributed by atoms with Gasteiger partial charge in [0.25, 0.3) is 0 Å².